The lowest BCUT2D eigenvalue weighted by Gasteiger charge is -2.23. The molecule has 114 valence electrons. The van der Waals surface area contributed by atoms with Crippen LogP contribution in [0.5, 0.6) is 0 Å². The number of nitrogens with two attached hydrogens (primary N) is 1. The van der Waals surface area contributed by atoms with Crippen LogP contribution >= 0.6 is 0 Å². The molecule has 1 aromatic carbocycles. The minimum atomic E-state index is -3.75. The molecule has 21 heavy (non-hydrogen) atoms. The van der Waals surface area contributed by atoms with E-state index in [1.165, 1.54) is 10.9 Å². The van der Waals surface area contributed by atoms with Crippen molar-refractivity contribution >= 4 is 15.8 Å². The first-order valence-corrected chi connectivity index (χ1v) is 8.15. The molecule has 0 spiro atoms. The Bertz CT molecular complexity index is 688. The minimum absolute atomic E-state index is 0.000526. The fourth-order valence-electron chi connectivity index (χ4n) is 2.24. The zero-order chi connectivity index (χ0) is 15.6. The number of anilines is 1. The average Bonchev–Trinajstić information content (AvgIpc) is 2.77. The first-order chi connectivity index (χ1) is 9.83. The summed E-state index contributed by atoms with van der Waals surface area (Å²) in [6, 6.07) is 9.15. The molecule has 0 aliphatic heterocycles. The minimum Gasteiger partial charge on any atom is -0.381 e. The molecule has 1 aromatic heterocycles. The first kappa shape index (κ1) is 15.5. The van der Waals surface area contributed by atoms with Gasteiger partial charge in [0.2, 0.25) is 0 Å². The van der Waals surface area contributed by atoms with Crippen LogP contribution in [-0.4, -0.2) is 18.0 Å². The second-order valence-electron chi connectivity index (χ2n) is 5.30. The Hall–Kier alpha value is -1.86. The van der Waals surface area contributed by atoms with E-state index in [2.05, 4.69) is 9.71 Å². The van der Waals surface area contributed by atoms with E-state index < -0.39 is 10.0 Å². The lowest BCUT2D eigenvalue weighted by atomic mass is 9.97. The van der Waals surface area contributed by atoms with E-state index >= 15 is 0 Å². The van der Waals surface area contributed by atoms with Crippen molar-refractivity contribution in [1.29, 1.82) is 0 Å². The molecule has 0 saturated carbocycles. The van der Waals surface area contributed by atoms with Crippen LogP contribution in [0.2, 0.25) is 0 Å². The zero-order valence-electron chi connectivity index (χ0n) is 12.3. The largest absolute Gasteiger partial charge is 0.381 e. The number of aromatic nitrogens is 2. The predicted molar refractivity (Wildman–Crippen MR) is 82.0 cm³/mol. The van der Waals surface area contributed by atoms with Crippen LogP contribution in [-0.2, 0) is 17.1 Å². The number of nitrogens with one attached hydrogen (secondary N) is 1. The summed E-state index contributed by atoms with van der Waals surface area (Å²) in [5.74, 6) is 0.0946. The van der Waals surface area contributed by atoms with E-state index in [-0.39, 0.29) is 22.8 Å². The third kappa shape index (κ3) is 3.25. The van der Waals surface area contributed by atoms with E-state index in [9.17, 15) is 8.42 Å². The van der Waals surface area contributed by atoms with Gasteiger partial charge in [0, 0.05) is 13.1 Å². The summed E-state index contributed by atoms with van der Waals surface area (Å²) in [6.45, 7) is 3.93. The summed E-state index contributed by atoms with van der Waals surface area (Å²) in [7, 11) is -2.14. The SMILES string of the molecule is CC(C)C(NS(=O)(=O)c1c(N)ncn1C)c1ccccc1. The molecule has 0 aliphatic rings. The Morgan fingerprint density at radius 2 is 1.86 bits per heavy atom. The molecule has 6 nitrogen and oxygen atoms in total. The number of nitrogens with zero attached hydrogens (tertiary/aromatic N) is 2. The van der Waals surface area contributed by atoms with Crippen molar-refractivity contribution < 1.29 is 8.42 Å². The molecule has 0 aliphatic carbocycles. The van der Waals surface area contributed by atoms with Gasteiger partial charge in [0.15, 0.2) is 10.8 Å². The smallest absolute Gasteiger partial charge is 0.260 e. The van der Waals surface area contributed by atoms with Crippen molar-refractivity contribution in [2.45, 2.75) is 24.9 Å². The molecular weight excluding hydrogens is 288 g/mol. The number of nitrogen functional groups attached to an aromatic ring is 1. The average molecular weight is 308 g/mol. The lowest BCUT2D eigenvalue weighted by Crippen LogP contribution is -2.33. The maximum atomic E-state index is 12.6. The van der Waals surface area contributed by atoms with Crippen LogP contribution in [0.4, 0.5) is 5.82 Å². The third-order valence-electron chi connectivity index (χ3n) is 3.27. The van der Waals surface area contributed by atoms with Gasteiger partial charge in [0.1, 0.15) is 0 Å². The van der Waals surface area contributed by atoms with Gasteiger partial charge in [-0.1, -0.05) is 44.2 Å². The van der Waals surface area contributed by atoms with Gasteiger partial charge in [-0.15, -0.1) is 0 Å². The highest BCUT2D eigenvalue weighted by Crippen LogP contribution is 2.25. The first-order valence-electron chi connectivity index (χ1n) is 6.67. The number of imidazole rings is 1. The monoisotopic (exact) mass is 308 g/mol. The molecule has 3 N–H and O–H groups in total. The fourth-order valence-corrected chi connectivity index (χ4v) is 3.85. The molecule has 1 heterocycles. The standard InChI is InChI=1S/C14H20N4O2S/c1-10(2)12(11-7-5-4-6-8-11)17-21(19,20)14-13(15)16-9-18(14)3/h4-10,12,17H,15H2,1-3H3. The van der Waals surface area contributed by atoms with Crippen LogP contribution < -0.4 is 10.5 Å². The van der Waals surface area contributed by atoms with Crippen LogP contribution in [0.1, 0.15) is 25.5 Å². The summed E-state index contributed by atoms with van der Waals surface area (Å²) < 4.78 is 29.3. The third-order valence-corrected chi connectivity index (χ3v) is 4.84. The maximum Gasteiger partial charge on any atom is 0.260 e. The highest BCUT2D eigenvalue weighted by Gasteiger charge is 2.28. The number of aryl methyl sites for hydroxylation is 1. The van der Waals surface area contributed by atoms with E-state index in [0.717, 1.165) is 5.56 Å². The topological polar surface area (TPSA) is 90.0 Å². The molecule has 0 bridgehead atoms. The Morgan fingerprint density at radius 3 is 2.33 bits per heavy atom. The van der Waals surface area contributed by atoms with Gasteiger partial charge >= 0.3 is 0 Å². The molecule has 0 fully saturated rings. The maximum absolute atomic E-state index is 12.6. The molecular formula is C14H20N4O2S. The van der Waals surface area contributed by atoms with E-state index in [4.69, 9.17) is 5.73 Å². The van der Waals surface area contributed by atoms with Crippen LogP contribution in [0.3, 0.4) is 0 Å². The Balaban J connectivity index is 2.38. The Morgan fingerprint density at radius 1 is 1.24 bits per heavy atom. The molecule has 2 rings (SSSR count). The van der Waals surface area contributed by atoms with E-state index in [0.29, 0.717) is 0 Å². The number of benzene rings is 1. The molecule has 1 unspecified atom stereocenters. The normalized spacial score (nSPS) is 13.5. The molecule has 0 saturated heterocycles. The van der Waals surface area contributed by atoms with Gasteiger partial charge in [-0.2, -0.15) is 0 Å². The van der Waals surface area contributed by atoms with Crippen LogP contribution in [0.25, 0.3) is 0 Å². The van der Waals surface area contributed by atoms with Crippen molar-refractivity contribution in [1.82, 2.24) is 14.3 Å². The lowest BCUT2D eigenvalue weighted by molar-refractivity contribution is 0.461. The zero-order valence-corrected chi connectivity index (χ0v) is 13.1. The summed E-state index contributed by atoms with van der Waals surface area (Å²) in [5, 5.41) is -0.0101. The predicted octanol–water partition coefficient (Wildman–Crippen LogP) is 1.68. The quantitative estimate of drug-likeness (QED) is 0.879. The second-order valence-corrected chi connectivity index (χ2v) is 6.93. The van der Waals surface area contributed by atoms with E-state index in [1.54, 1.807) is 7.05 Å². The van der Waals surface area contributed by atoms with Crippen LogP contribution in [0, 0.1) is 5.92 Å². The molecule has 1 atom stereocenters. The number of sulfonamides is 1. The summed E-state index contributed by atoms with van der Waals surface area (Å²) in [4.78, 5) is 3.83. The molecule has 0 amide bonds. The van der Waals surface area contributed by atoms with E-state index in [1.807, 2.05) is 44.2 Å². The van der Waals surface area contributed by atoms with Crippen molar-refractivity contribution in [3.8, 4) is 0 Å². The van der Waals surface area contributed by atoms with Crippen molar-refractivity contribution in [3.05, 3.63) is 42.2 Å². The van der Waals surface area contributed by atoms with Gasteiger partial charge in [-0.3, -0.25) is 0 Å². The Labute approximate surface area is 125 Å². The highest BCUT2D eigenvalue weighted by atomic mass is 32.2. The summed E-state index contributed by atoms with van der Waals surface area (Å²) in [5.41, 5.74) is 6.58. The molecule has 7 heteroatoms. The number of hydrogen-bond donors (Lipinski definition) is 2. The number of rotatable bonds is 5. The van der Waals surface area contributed by atoms with Gasteiger partial charge in [0.05, 0.1) is 6.33 Å². The van der Waals surface area contributed by atoms with Crippen LogP contribution in [0.15, 0.2) is 41.7 Å². The van der Waals surface area contributed by atoms with Gasteiger partial charge in [-0.05, 0) is 11.5 Å². The van der Waals surface area contributed by atoms with Gasteiger partial charge in [0.25, 0.3) is 10.0 Å². The molecule has 2 aromatic rings. The Kier molecular flexibility index (Phi) is 4.34. The fraction of sp³-hybridized carbons (Fsp3) is 0.357. The van der Waals surface area contributed by atoms with Gasteiger partial charge in [-0.25, -0.2) is 18.1 Å². The van der Waals surface area contributed by atoms with Crippen molar-refractivity contribution in [3.63, 3.8) is 0 Å². The summed E-state index contributed by atoms with van der Waals surface area (Å²) >= 11 is 0. The van der Waals surface area contributed by atoms with Gasteiger partial charge < -0.3 is 10.3 Å². The number of hydrogen-bond acceptors (Lipinski definition) is 4. The highest BCUT2D eigenvalue weighted by molar-refractivity contribution is 7.89. The molecule has 0 radical (unpaired) electrons. The van der Waals surface area contributed by atoms with Crippen molar-refractivity contribution in [2.24, 2.45) is 13.0 Å². The summed E-state index contributed by atoms with van der Waals surface area (Å²) in [6.07, 6.45) is 1.39. The van der Waals surface area contributed by atoms with Crippen molar-refractivity contribution in [2.75, 3.05) is 5.73 Å². The second kappa shape index (κ2) is 5.87.